The highest BCUT2D eigenvalue weighted by Gasteiger charge is 2.37. The van der Waals surface area contributed by atoms with Crippen molar-refractivity contribution in [3.63, 3.8) is 0 Å². The maximum Gasteiger partial charge on any atom is 0.143 e. The fourth-order valence-electron chi connectivity index (χ4n) is 3.60. The van der Waals surface area contributed by atoms with Gasteiger partial charge in [-0.25, -0.2) is 0 Å². The molecule has 1 heterocycles. The summed E-state index contributed by atoms with van der Waals surface area (Å²) in [6.07, 6.45) is 4.74. The molecule has 0 unspecified atom stereocenters. The lowest BCUT2D eigenvalue weighted by Crippen LogP contribution is -2.42. The van der Waals surface area contributed by atoms with Gasteiger partial charge >= 0.3 is 0 Å². The number of hydrogen-bond donors (Lipinski definition) is 1. The van der Waals surface area contributed by atoms with Crippen LogP contribution in [0.1, 0.15) is 49.3 Å². The van der Waals surface area contributed by atoms with E-state index >= 15 is 0 Å². The van der Waals surface area contributed by atoms with Crippen molar-refractivity contribution in [2.45, 2.75) is 52.9 Å². The zero-order valence-corrected chi connectivity index (χ0v) is 13.1. The molecule has 1 aromatic rings. The molecule has 1 aliphatic heterocycles. The number of ketones is 1. The Bertz CT molecular complexity index is 447. The van der Waals surface area contributed by atoms with Crippen molar-refractivity contribution in [2.24, 2.45) is 5.41 Å². The van der Waals surface area contributed by atoms with E-state index in [0.29, 0.717) is 12.2 Å². The van der Waals surface area contributed by atoms with E-state index in [2.05, 4.69) is 44.3 Å². The second kappa shape index (κ2) is 6.53. The molecule has 0 amide bonds. The predicted octanol–water partition coefficient (Wildman–Crippen LogP) is 3.58. The third-order valence-electron chi connectivity index (χ3n) is 4.53. The molecule has 1 saturated heterocycles. The first-order valence-corrected chi connectivity index (χ1v) is 7.87. The molecular formula is C18H27NO. The summed E-state index contributed by atoms with van der Waals surface area (Å²) in [5.74, 6) is 0.450. The van der Waals surface area contributed by atoms with Gasteiger partial charge in [-0.1, -0.05) is 42.7 Å². The Morgan fingerprint density at radius 3 is 2.30 bits per heavy atom. The molecule has 1 aromatic carbocycles. The molecule has 1 N–H and O–H groups in total. The molecule has 1 fully saturated rings. The average molecular weight is 273 g/mol. The van der Waals surface area contributed by atoms with Crippen LogP contribution in [0.2, 0.25) is 0 Å². The molecule has 0 atom stereocenters. The maximum atomic E-state index is 12.9. The van der Waals surface area contributed by atoms with E-state index < -0.39 is 0 Å². The molecular weight excluding hydrogens is 246 g/mol. The van der Waals surface area contributed by atoms with Gasteiger partial charge in [0.1, 0.15) is 5.78 Å². The Hall–Kier alpha value is -1.15. The summed E-state index contributed by atoms with van der Waals surface area (Å²) in [5.41, 5.74) is 3.62. The Morgan fingerprint density at radius 1 is 1.15 bits per heavy atom. The number of nitrogens with one attached hydrogen (secondary N) is 1. The lowest BCUT2D eigenvalue weighted by atomic mass is 9.70. The van der Waals surface area contributed by atoms with Crippen LogP contribution in [0.4, 0.5) is 0 Å². The monoisotopic (exact) mass is 273 g/mol. The molecule has 20 heavy (non-hydrogen) atoms. The third-order valence-corrected chi connectivity index (χ3v) is 4.53. The first-order valence-electron chi connectivity index (χ1n) is 7.87. The molecule has 110 valence electrons. The van der Waals surface area contributed by atoms with Gasteiger partial charge in [-0.2, -0.15) is 0 Å². The maximum absolute atomic E-state index is 12.9. The summed E-state index contributed by atoms with van der Waals surface area (Å²) < 4.78 is 0. The highest BCUT2D eigenvalue weighted by molar-refractivity contribution is 5.87. The van der Waals surface area contributed by atoms with Crippen molar-refractivity contribution in [1.82, 2.24) is 5.32 Å². The molecule has 2 nitrogen and oxygen atoms in total. The second-order valence-electron chi connectivity index (χ2n) is 6.38. The van der Waals surface area contributed by atoms with Crippen LogP contribution in [0, 0.1) is 19.3 Å². The first-order chi connectivity index (χ1) is 9.55. The number of hydrogen-bond acceptors (Lipinski definition) is 2. The predicted molar refractivity (Wildman–Crippen MR) is 84.1 cm³/mol. The van der Waals surface area contributed by atoms with Gasteiger partial charge in [0.2, 0.25) is 0 Å². The Balaban J connectivity index is 2.15. The number of Topliss-reactive ketones (excluding diaryl/α,β-unsaturated/α-hetero) is 1. The largest absolute Gasteiger partial charge is 0.317 e. The Kier molecular flexibility index (Phi) is 4.98. The van der Waals surface area contributed by atoms with Crippen molar-refractivity contribution in [3.05, 3.63) is 34.9 Å². The minimum atomic E-state index is -0.0718. The van der Waals surface area contributed by atoms with E-state index in [-0.39, 0.29) is 5.41 Å². The third kappa shape index (κ3) is 3.49. The molecule has 0 aromatic heterocycles. The molecule has 2 rings (SSSR count). The highest BCUT2D eigenvalue weighted by Crippen LogP contribution is 2.36. The molecule has 0 aliphatic carbocycles. The number of piperidine rings is 1. The molecule has 0 spiro atoms. The quantitative estimate of drug-likeness (QED) is 0.888. The average Bonchev–Trinajstić information content (AvgIpc) is 2.38. The van der Waals surface area contributed by atoms with Crippen LogP contribution in [0.15, 0.2) is 18.2 Å². The molecule has 2 heteroatoms. The SMILES string of the molecule is CCCC1(C(=O)Cc2cc(C)cc(C)c2)CCNCC1. The van der Waals surface area contributed by atoms with Gasteiger partial charge in [-0.3, -0.25) is 4.79 Å². The normalized spacial score (nSPS) is 17.9. The van der Waals surface area contributed by atoms with E-state index in [4.69, 9.17) is 0 Å². The van der Waals surface area contributed by atoms with Crippen molar-refractivity contribution < 1.29 is 4.79 Å². The van der Waals surface area contributed by atoms with Crippen LogP contribution < -0.4 is 5.32 Å². The summed E-state index contributed by atoms with van der Waals surface area (Å²) in [6.45, 7) is 8.37. The summed E-state index contributed by atoms with van der Waals surface area (Å²) in [5, 5.41) is 3.38. The number of benzene rings is 1. The summed E-state index contributed by atoms with van der Waals surface area (Å²) in [6, 6.07) is 6.48. The van der Waals surface area contributed by atoms with Crippen LogP contribution in [0.25, 0.3) is 0 Å². The van der Waals surface area contributed by atoms with Gasteiger partial charge in [0, 0.05) is 11.8 Å². The van der Waals surface area contributed by atoms with Crippen LogP contribution in [0.3, 0.4) is 0 Å². The highest BCUT2D eigenvalue weighted by atomic mass is 16.1. The van der Waals surface area contributed by atoms with Gasteiger partial charge < -0.3 is 5.32 Å². The smallest absolute Gasteiger partial charge is 0.143 e. The van der Waals surface area contributed by atoms with E-state index in [1.54, 1.807) is 0 Å². The van der Waals surface area contributed by atoms with E-state index in [9.17, 15) is 4.79 Å². The fourth-order valence-corrected chi connectivity index (χ4v) is 3.60. The lowest BCUT2D eigenvalue weighted by Gasteiger charge is -2.36. The standard InChI is InChI=1S/C18H27NO/c1-4-5-18(6-8-19-9-7-18)17(20)13-16-11-14(2)10-15(3)12-16/h10-12,19H,4-9,13H2,1-3H3. The van der Waals surface area contributed by atoms with E-state index in [1.807, 2.05) is 0 Å². The first kappa shape index (κ1) is 15.2. The minimum absolute atomic E-state index is 0.0718. The number of aryl methyl sites for hydroxylation is 2. The minimum Gasteiger partial charge on any atom is -0.317 e. The lowest BCUT2D eigenvalue weighted by molar-refractivity contribution is -0.130. The van der Waals surface area contributed by atoms with Gasteiger partial charge in [0.25, 0.3) is 0 Å². The second-order valence-corrected chi connectivity index (χ2v) is 6.38. The number of carbonyl (C=O) groups is 1. The van der Waals surface area contributed by atoms with Gasteiger partial charge in [-0.05, 0) is 51.8 Å². The van der Waals surface area contributed by atoms with Crippen LogP contribution in [0.5, 0.6) is 0 Å². The van der Waals surface area contributed by atoms with Gasteiger partial charge in [0.15, 0.2) is 0 Å². The summed E-state index contributed by atoms with van der Waals surface area (Å²) >= 11 is 0. The van der Waals surface area contributed by atoms with Crippen molar-refractivity contribution in [2.75, 3.05) is 13.1 Å². The molecule has 1 aliphatic rings. The summed E-state index contributed by atoms with van der Waals surface area (Å²) in [7, 11) is 0. The van der Waals surface area contributed by atoms with Crippen LogP contribution in [-0.4, -0.2) is 18.9 Å². The Morgan fingerprint density at radius 2 is 1.75 bits per heavy atom. The number of carbonyl (C=O) groups excluding carboxylic acids is 1. The van der Waals surface area contributed by atoms with Crippen LogP contribution in [-0.2, 0) is 11.2 Å². The van der Waals surface area contributed by atoms with E-state index in [1.165, 1.54) is 16.7 Å². The summed E-state index contributed by atoms with van der Waals surface area (Å²) in [4.78, 5) is 12.9. The van der Waals surface area contributed by atoms with Gasteiger partial charge in [0.05, 0.1) is 0 Å². The van der Waals surface area contributed by atoms with Crippen molar-refractivity contribution >= 4 is 5.78 Å². The number of rotatable bonds is 5. The zero-order chi connectivity index (χ0) is 14.6. The van der Waals surface area contributed by atoms with Crippen molar-refractivity contribution in [3.8, 4) is 0 Å². The topological polar surface area (TPSA) is 29.1 Å². The molecule has 0 bridgehead atoms. The fraction of sp³-hybridized carbons (Fsp3) is 0.611. The zero-order valence-electron chi connectivity index (χ0n) is 13.1. The van der Waals surface area contributed by atoms with Crippen LogP contribution >= 0.6 is 0 Å². The molecule has 0 saturated carbocycles. The van der Waals surface area contributed by atoms with Crippen molar-refractivity contribution in [1.29, 1.82) is 0 Å². The Labute approximate surface area is 123 Å². The van der Waals surface area contributed by atoms with Gasteiger partial charge in [-0.15, -0.1) is 0 Å². The molecule has 0 radical (unpaired) electrons. The van der Waals surface area contributed by atoms with E-state index in [0.717, 1.165) is 38.8 Å².